The van der Waals surface area contributed by atoms with Gasteiger partial charge in [-0.3, -0.25) is 0 Å². The Kier molecular flexibility index (Phi) is 4.92. The molecule has 0 fully saturated rings. The normalized spacial score (nSPS) is 12.0. The first kappa shape index (κ1) is 12.8. The van der Waals surface area contributed by atoms with Crippen LogP contribution in [0, 0.1) is 0 Å². The van der Waals surface area contributed by atoms with Crippen molar-refractivity contribution in [3.63, 3.8) is 0 Å². The number of nitrogens with zero attached hydrogens (tertiary/aromatic N) is 2. The van der Waals surface area contributed by atoms with Crippen LogP contribution in [0.2, 0.25) is 4.34 Å². The molecule has 0 spiro atoms. The maximum Gasteiger partial charge on any atom is 0.139 e. The Morgan fingerprint density at radius 3 is 2.60 bits per heavy atom. The molecule has 0 bridgehead atoms. The van der Waals surface area contributed by atoms with Crippen molar-refractivity contribution in [1.82, 2.24) is 9.59 Å². The average Bonchev–Trinajstić information content (AvgIpc) is 2.49. The second-order valence-corrected chi connectivity index (χ2v) is 5.36. The first-order valence-electron chi connectivity index (χ1n) is 4.67. The van der Waals surface area contributed by atoms with Crippen LogP contribution >= 0.6 is 23.1 Å². The summed E-state index contributed by atoms with van der Waals surface area (Å²) in [5.41, 5.74) is 0.570. The van der Waals surface area contributed by atoms with E-state index >= 15 is 0 Å². The second-order valence-electron chi connectivity index (χ2n) is 4.01. The topological polar surface area (TPSA) is 44.2 Å². The largest absolute Gasteiger partial charge is 0.373 e. The van der Waals surface area contributed by atoms with Gasteiger partial charge in [0.15, 0.2) is 0 Å². The lowest BCUT2D eigenvalue weighted by Gasteiger charge is -2.19. The summed E-state index contributed by atoms with van der Waals surface area (Å²) in [6, 6.07) is 0. The molecule has 0 atom stereocenters. The van der Waals surface area contributed by atoms with E-state index in [4.69, 9.17) is 21.1 Å². The van der Waals surface area contributed by atoms with Crippen LogP contribution in [0.15, 0.2) is 0 Å². The Labute approximate surface area is 98.7 Å². The Hall–Kier alpha value is -0.230. The molecule has 4 nitrogen and oxygen atoms in total. The van der Waals surface area contributed by atoms with E-state index in [1.807, 2.05) is 20.8 Å². The standard InChI is InChI=1S/C9H15ClN2O2S/c1-9(2,3)14-5-4-13-6-7-8(10)15-12-11-7/h4-6H2,1-3H3. The van der Waals surface area contributed by atoms with Crippen LogP contribution in [0.1, 0.15) is 26.5 Å². The minimum atomic E-state index is -0.122. The number of hydrogen-bond acceptors (Lipinski definition) is 5. The highest BCUT2D eigenvalue weighted by Crippen LogP contribution is 2.17. The summed E-state index contributed by atoms with van der Waals surface area (Å²) in [5, 5.41) is 3.83. The first-order chi connectivity index (χ1) is 6.99. The number of halogens is 1. The van der Waals surface area contributed by atoms with E-state index in [1.165, 1.54) is 11.5 Å². The third-order valence-corrected chi connectivity index (χ3v) is 2.50. The van der Waals surface area contributed by atoms with Gasteiger partial charge < -0.3 is 9.47 Å². The van der Waals surface area contributed by atoms with Gasteiger partial charge in [0.1, 0.15) is 10.0 Å². The summed E-state index contributed by atoms with van der Waals surface area (Å²) < 4.78 is 15.1. The second kappa shape index (κ2) is 5.75. The van der Waals surface area contributed by atoms with Crippen molar-refractivity contribution >= 4 is 23.1 Å². The number of aromatic nitrogens is 2. The van der Waals surface area contributed by atoms with Gasteiger partial charge in [0, 0.05) is 11.5 Å². The fourth-order valence-electron chi connectivity index (χ4n) is 0.859. The molecule has 15 heavy (non-hydrogen) atoms. The van der Waals surface area contributed by atoms with Crippen LogP contribution in [-0.2, 0) is 16.1 Å². The Balaban J connectivity index is 2.10. The molecule has 1 heterocycles. The lowest BCUT2D eigenvalue weighted by atomic mass is 10.2. The SMILES string of the molecule is CC(C)(C)OCCOCc1nnsc1Cl. The van der Waals surface area contributed by atoms with Crippen LogP contribution < -0.4 is 0 Å². The average molecular weight is 251 g/mol. The molecular formula is C9H15ClN2O2S. The molecule has 0 aliphatic rings. The van der Waals surface area contributed by atoms with E-state index in [0.717, 1.165) is 0 Å². The quantitative estimate of drug-likeness (QED) is 0.754. The lowest BCUT2D eigenvalue weighted by Crippen LogP contribution is -2.21. The van der Waals surface area contributed by atoms with Gasteiger partial charge in [-0.25, -0.2) is 0 Å². The van der Waals surface area contributed by atoms with Crippen LogP contribution in [0.4, 0.5) is 0 Å². The molecule has 0 saturated heterocycles. The van der Waals surface area contributed by atoms with Crippen molar-refractivity contribution in [3.05, 3.63) is 10.0 Å². The van der Waals surface area contributed by atoms with Crippen LogP contribution in [0.25, 0.3) is 0 Å². The zero-order valence-corrected chi connectivity index (χ0v) is 10.7. The first-order valence-corrected chi connectivity index (χ1v) is 5.82. The molecule has 86 valence electrons. The van der Waals surface area contributed by atoms with E-state index in [0.29, 0.717) is 29.9 Å². The molecular weight excluding hydrogens is 236 g/mol. The van der Waals surface area contributed by atoms with Crippen LogP contribution in [0.3, 0.4) is 0 Å². The lowest BCUT2D eigenvalue weighted by molar-refractivity contribution is -0.0380. The summed E-state index contributed by atoms with van der Waals surface area (Å²) in [6.45, 7) is 7.52. The van der Waals surface area contributed by atoms with Gasteiger partial charge in [0.25, 0.3) is 0 Å². The maximum atomic E-state index is 5.81. The third-order valence-electron chi connectivity index (χ3n) is 1.51. The van der Waals surface area contributed by atoms with Crippen molar-refractivity contribution < 1.29 is 9.47 Å². The molecule has 0 amide bonds. The molecule has 1 rings (SSSR count). The monoisotopic (exact) mass is 250 g/mol. The maximum absolute atomic E-state index is 5.81. The van der Waals surface area contributed by atoms with E-state index in [-0.39, 0.29) is 5.60 Å². The molecule has 1 aromatic rings. The van der Waals surface area contributed by atoms with E-state index in [9.17, 15) is 0 Å². The van der Waals surface area contributed by atoms with Crippen molar-refractivity contribution in [2.75, 3.05) is 13.2 Å². The zero-order valence-electron chi connectivity index (χ0n) is 9.12. The molecule has 0 aliphatic heterocycles. The van der Waals surface area contributed by atoms with Crippen LogP contribution in [0.5, 0.6) is 0 Å². The summed E-state index contributed by atoms with van der Waals surface area (Å²) >= 11 is 6.97. The molecule has 0 saturated carbocycles. The molecule has 6 heteroatoms. The zero-order chi connectivity index (χ0) is 11.3. The molecule has 1 aromatic heterocycles. The van der Waals surface area contributed by atoms with E-state index in [1.54, 1.807) is 0 Å². The number of ether oxygens (including phenoxy) is 2. The van der Waals surface area contributed by atoms with Gasteiger partial charge in [-0.15, -0.1) is 5.10 Å². The van der Waals surface area contributed by atoms with E-state index < -0.39 is 0 Å². The van der Waals surface area contributed by atoms with Crippen LogP contribution in [-0.4, -0.2) is 28.4 Å². The molecule has 0 N–H and O–H groups in total. The van der Waals surface area contributed by atoms with Crippen molar-refractivity contribution in [2.45, 2.75) is 33.0 Å². The highest BCUT2D eigenvalue weighted by atomic mass is 35.5. The molecule has 0 radical (unpaired) electrons. The van der Waals surface area contributed by atoms with Gasteiger partial charge in [-0.05, 0) is 20.8 Å². The summed E-state index contributed by atoms with van der Waals surface area (Å²) in [5.74, 6) is 0. The third kappa shape index (κ3) is 5.41. The Morgan fingerprint density at radius 2 is 2.07 bits per heavy atom. The smallest absolute Gasteiger partial charge is 0.139 e. The fourth-order valence-corrected chi connectivity index (χ4v) is 1.46. The van der Waals surface area contributed by atoms with Gasteiger partial charge in [-0.2, -0.15) is 0 Å². The van der Waals surface area contributed by atoms with Crippen molar-refractivity contribution in [1.29, 1.82) is 0 Å². The molecule has 0 unspecified atom stereocenters. The predicted molar refractivity (Wildman–Crippen MR) is 60.3 cm³/mol. The van der Waals surface area contributed by atoms with Gasteiger partial charge in [-0.1, -0.05) is 16.1 Å². The molecule has 0 aliphatic carbocycles. The van der Waals surface area contributed by atoms with Gasteiger partial charge in [0.05, 0.1) is 25.4 Å². The highest BCUT2D eigenvalue weighted by Gasteiger charge is 2.09. The van der Waals surface area contributed by atoms with Crippen molar-refractivity contribution in [2.24, 2.45) is 0 Å². The van der Waals surface area contributed by atoms with Crippen molar-refractivity contribution in [3.8, 4) is 0 Å². The fraction of sp³-hybridized carbons (Fsp3) is 0.778. The predicted octanol–water partition coefficient (Wildman–Crippen LogP) is 2.52. The minimum Gasteiger partial charge on any atom is -0.373 e. The summed E-state index contributed by atoms with van der Waals surface area (Å²) in [4.78, 5) is 0. The molecule has 0 aromatic carbocycles. The summed E-state index contributed by atoms with van der Waals surface area (Å²) in [6.07, 6.45) is 0. The summed E-state index contributed by atoms with van der Waals surface area (Å²) in [7, 11) is 0. The number of rotatable bonds is 5. The highest BCUT2D eigenvalue weighted by molar-refractivity contribution is 7.10. The minimum absolute atomic E-state index is 0.122. The van der Waals surface area contributed by atoms with E-state index in [2.05, 4.69) is 9.59 Å². The van der Waals surface area contributed by atoms with Gasteiger partial charge in [0.2, 0.25) is 0 Å². The Bertz CT molecular complexity index is 299. The number of hydrogen-bond donors (Lipinski definition) is 0. The van der Waals surface area contributed by atoms with Gasteiger partial charge >= 0.3 is 0 Å². The Morgan fingerprint density at radius 1 is 1.33 bits per heavy atom.